The van der Waals surface area contributed by atoms with Crippen LogP contribution in [-0.4, -0.2) is 58.8 Å². The summed E-state index contributed by atoms with van der Waals surface area (Å²) in [6, 6.07) is 18.0. The molecule has 0 atom stereocenters. The average Bonchev–Trinajstić information content (AvgIpc) is 2.88. The Morgan fingerprint density at radius 2 is 1.62 bits per heavy atom. The highest BCUT2D eigenvalue weighted by Crippen LogP contribution is 2.28. The van der Waals surface area contributed by atoms with Crippen molar-refractivity contribution in [2.45, 2.75) is 45.1 Å². The lowest BCUT2D eigenvalue weighted by Gasteiger charge is -2.40. The van der Waals surface area contributed by atoms with E-state index in [1.165, 1.54) is 39.3 Å². The van der Waals surface area contributed by atoms with E-state index < -0.39 is 0 Å². The molecule has 6 nitrogen and oxygen atoms in total. The number of aromatic nitrogens is 1. The summed E-state index contributed by atoms with van der Waals surface area (Å²) in [5, 5.41) is 3.68. The van der Waals surface area contributed by atoms with E-state index in [2.05, 4.69) is 10.2 Å². The summed E-state index contributed by atoms with van der Waals surface area (Å²) in [5.74, 6) is -0.0136. The topological polar surface area (TPSA) is 65.5 Å². The Bertz CT molecular complexity index is 1180. The number of piperidine rings is 2. The maximum atomic E-state index is 13.7. The zero-order valence-corrected chi connectivity index (χ0v) is 19.8. The predicted molar refractivity (Wildman–Crippen MR) is 136 cm³/mol. The van der Waals surface area contributed by atoms with Crippen LogP contribution < -0.4 is 5.32 Å². The van der Waals surface area contributed by atoms with E-state index >= 15 is 0 Å². The molecule has 176 valence electrons. The summed E-state index contributed by atoms with van der Waals surface area (Å²) in [6.45, 7) is 5.51. The largest absolute Gasteiger partial charge is 0.339 e. The molecule has 0 aliphatic carbocycles. The Balaban J connectivity index is 1.39. The van der Waals surface area contributed by atoms with Crippen LogP contribution in [0.4, 0.5) is 5.69 Å². The zero-order chi connectivity index (χ0) is 23.5. The maximum Gasteiger partial charge on any atom is 0.254 e. The van der Waals surface area contributed by atoms with E-state index in [-0.39, 0.29) is 11.8 Å². The van der Waals surface area contributed by atoms with E-state index in [1.807, 2.05) is 59.5 Å². The fourth-order valence-corrected chi connectivity index (χ4v) is 5.32. The van der Waals surface area contributed by atoms with E-state index in [0.717, 1.165) is 53.8 Å². The standard InChI is InChI=1S/C28H32N4O2/c1-20(33)29-22-11-9-21(10-12-22)27-19-25(24-7-3-4-8-26(24)30-27)28(34)32-17-13-23(14-18-32)31-15-5-2-6-16-31/h3-4,7-12,19,23H,2,5-6,13-18H2,1H3,(H,29,33). The monoisotopic (exact) mass is 456 g/mol. The molecule has 0 saturated carbocycles. The van der Waals surface area contributed by atoms with E-state index in [0.29, 0.717) is 11.6 Å². The second kappa shape index (κ2) is 9.94. The Morgan fingerprint density at radius 1 is 0.912 bits per heavy atom. The highest BCUT2D eigenvalue weighted by Gasteiger charge is 2.29. The van der Waals surface area contributed by atoms with Gasteiger partial charge in [-0.3, -0.25) is 9.59 Å². The van der Waals surface area contributed by atoms with Gasteiger partial charge in [-0.05, 0) is 63.0 Å². The van der Waals surface area contributed by atoms with Crippen molar-refractivity contribution in [1.82, 2.24) is 14.8 Å². The van der Waals surface area contributed by atoms with Crippen molar-refractivity contribution < 1.29 is 9.59 Å². The predicted octanol–water partition coefficient (Wildman–Crippen LogP) is 4.95. The molecule has 3 aromatic rings. The second-order valence-corrected chi connectivity index (χ2v) is 9.45. The Morgan fingerprint density at radius 3 is 2.32 bits per heavy atom. The first-order chi connectivity index (χ1) is 16.6. The van der Waals surface area contributed by atoms with Gasteiger partial charge in [0.1, 0.15) is 0 Å². The third-order valence-electron chi connectivity index (χ3n) is 7.11. The smallest absolute Gasteiger partial charge is 0.254 e. The van der Waals surface area contributed by atoms with Gasteiger partial charge in [-0.25, -0.2) is 4.98 Å². The number of likely N-dealkylation sites (tertiary alicyclic amines) is 2. The van der Waals surface area contributed by atoms with Crippen molar-refractivity contribution in [3.8, 4) is 11.3 Å². The normalized spacial score (nSPS) is 17.6. The molecular weight excluding hydrogens is 424 g/mol. The van der Waals surface area contributed by atoms with Crippen LogP contribution >= 0.6 is 0 Å². The number of hydrogen-bond acceptors (Lipinski definition) is 4. The Labute approximate surface area is 201 Å². The quantitative estimate of drug-likeness (QED) is 0.603. The number of nitrogens with one attached hydrogen (secondary N) is 1. The van der Waals surface area contributed by atoms with Crippen molar-refractivity contribution in [2.75, 3.05) is 31.5 Å². The first-order valence-corrected chi connectivity index (χ1v) is 12.4. The average molecular weight is 457 g/mol. The van der Waals surface area contributed by atoms with Crippen LogP contribution in [0.15, 0.2) is 54.6 Å². The Hall–Kier alpha value is -3.25. The summed E-state index contributed by atoms with van der Waals surface area (Å²) in [4.78, 5) is 34.5. The number of fused-ring (bicyclic) bond motifs is 1. The second-order valence-electron chi connectivity index (χ2n) is 9.45. The van der Waals surface area contributed by atoms with Gasteiger partial charge in [0.15, 0.2) is 0 Å². The first kappa shape index (κ1) is 22.5. The number of nitrogens with zero attached hydrogens (tertiary/aromatic N) is 3. The minimum absolute atomic E-state index is 0.0896. The van der Waals surface area contributed by atoms with Crippen LogP contribution in [0.25, 0.3) is 22.2 Å². The SMILES string of the molecule is CC(=O)Nc1ccc(-c2cc(C(=O)N3CCC(N4CCCCC4)CC3)c3ccccc3n2)cc1. The number of carbonyl (C=O) groups is 2. The van der Waals surface area contributed by atoms with Crippen molar-refractivity contribution in [3.63, 3.8) is 0 Å². The molecule has 6 heteroatoms. The third-order valence-corrected chi connectivity index (χ3v) is 7.11. The lowest BCUT2D eigenvalue weighted by molar-refractivity contribution is -0.114. The summed E-state index contributed by atoms with van der Waals surface area (Å²) in [5.41, 5.74) is 3.95. The molecule has 0 radical (unpaired) electrons. The van der Waals surface area contributed by atoms with Gasteiger partial charge in [0.05, 0.1) is 16.8 Å². The summed E-state index contributed by atoms with van der Waals surface area (Å²) in [6.07, 6.45) is 6.05. The number of hydrogen-bond donors (Lipinski definition) is 1. The fraction of sp³-hybridized carbons (Fsp3) is 0.393. The molecule has 2 saturated heterocycles. The molecular formula is C28H32N4O2. The highest BCUT2D eigenvalue weighted by molar-refractivity contribution is 6.07. The van der Waals surface area contributed by atoms with Crippen LogP contribution in [0.3, 0.4) is 0 Å². The number of amides is 2. The summed E-state index contributed by atoms with van der Waals surface area (Å²) >= 11 is 0. The third kappa shape index (κ3) is 4.82. The van der Waals surface area contributed by atoms with Gasteiger partial charge in [-0.15, -0.1) is 0 Å². The van der Waals surface area contributed by atoms with Crippen LogP contribution in [-0.2, 0) is 4.79 Å². The van der Waals surface area contributed by atoms with Crippen LogP contribution in [0.1, 0.15) is 49.4 Å². The first-order valence-electron chi connectivity index (χ1n) is 12.4. The number of para-hydroxylation sites is 1. The van der Waals surface area contributed by atoms with Gasteiger partial charge < -0.3 is 15.1 Å². The molecule has 2 fully saturated rings. The van der Waals surface area contributed by atoms with Crippen molar-refractivity contribution >= 4 is 28.4 Å². The summed E-state index contributed by atoms with van der Waals surface area (Å²) < 4.78 is 0. The van der Waals surface area contributed by atoms with Crippen LogP contribution in [0, 0.1) is 0 Å². The number of benzene rings is 2. The number of rotatable bonds is 4. The van der Waals surface area contributed by atoms with Gasteiger partial charge in [0.2, 0.25) is 5.91 Å². The minimum atomic E-state index is -0.103. The lowest BCUT2D eigenvalue weighted by Crippen LogP contribution is -2.48. The molecule has 34 heavy (non-hydrogen) atoms. The van der Waals surface area contributed by atoms with Crippen LogP contribution in [0.2, 0.25) is 0 Å². The molecule has 1 aromatic heterocycles. The van der Waals surface area contributed by atoms with E-state index in [1.54, 1.807) is 0 Å². The molecule has 2 aromatic carbocycles. The van der Waals surface area contributed by atoms with Gasteiger partial charge in [-0.1, -0.05) is 36.8 Å². The van der Waals surface area contributed by atoms with Gasteiger partial charge >= 0.3 is 0 Å². The van der Waals surface area contributed by atoms with Crippen LogP contribution in [0.5, 0.6) is 0 Å². The van der Waals surface area contributed by atoms with Crippen molar-refractivity contribution in [2.24, 2.45) is 0 Å². The molecule has 0 spiro atoms. The number of pyridine rings is 1. The maximum absolute atomic E-state index is 13.7. The van der Waals surface area contributed by atoms with Gasteiger partial charge in [0.25, 0.3) is 5.91 Å². The molecule has 2 aliphatic heterocycles. The molecule has 2 aliphatic rings. The molecule has 0 bridgehead atoms. The molecule has 1 N–H and O–H groups in total. The van der Waals surface area contributed by atoms with Crippen molar-refractivity contribution in [3.05, 3.63) is 60.2 Å². The molecule has 0 unspecified atom stereocenters. The molecule has 2 amide bonds. The highest BCUT2D eigenvalue weighted by atomic mass is 16.2. The van der Waals surface area contributed by atoms with E-state index in [4.69, 9.17) is 4.98 Å². The number of anilines is 1. The van der Waals surface area contributed by atoms with E-state index in [9.17, 15) is 9.59 Å². The minimum Gasteiger partial charge on any atom is -0.339 e. The lowest BCUT2D eigenvalue weighted by atomic mass is 9.98. The van der Waals surface area contributed by atoms with Gasteiger partial charge in [0, 0.05) is 42.7 Å². The summed E-state index contributed by atoms with van der Waals surface area (Å²) in [7, 11) is 0. The Kier molecular flexibility index (Phi) is 6.59. The fourth-order valence-electron chi connectivity index (χ4n) is 5.32. The molecule has 5 rings (SSSR count). The molecule has 3 heterocycles. The van der Waals surface area contributed by atoms with Crippen molar-refractivity contribution in [1.29, 1.82) is 0 Å². The number of carbonyl (C=O) groups excluding carboxylic acids is 2. The van der Waals surface area contributed by atoms with Gasteiger partial charge in [-0.2, -0.15) is 0 Å². The zero-order valence-electron chi connectivity index (χ0n) is 19.8.